The average molecular weight is 564 g/mol. The quantitative estimate of drug-likeness (QED) is 0.187. The van der Waals surface area contributed by atoms with Crippen LogP contribution in [0.25, 0.3) is 16.6 Å². The Bertz CT molecular complexity index is 1700. The monoisotopic (exact) mass is 563 g/mol. The summed E-state index contributed by atoms with van der Waals surface area (Å²) in [6.45, 7) is 6.48. The second-order valence-corrected chi connectivity index (χ2v) is 10.4. The normalized spacial score (nSPS) is 12.2. The van der Waals surface area contributed by atoms with Gasteiger partial charge in [-0.2, -0.15) is 9.61 Å². The molecular formula is C28H30FN7O3S. The molecule has 0 aliphatic carbocycles. The van der Waals surface area contributed by atoms with E-state index in [2.05, 4.69) is 10.4 Å². The number of ether oxygens (including phenoxy) is 2. The second-order valence-electron chi connectivity index (χ2n) is 9.27. The van der Waals surface area contributed by atoms with Gasteiger partial charge in [-0.15, -0.1) is 5.10 Å². The molecule has 3 heterocycles. The summed E-state index contributed by atoms with van der Waals surface area (Å²) in [7, 11) is 3.13. The Kier molecular flexibility index (Phi) is 7.88. The summed E-state index contributed by atoms with van der Waals surface area (Å²) in [6.07, 6.45) is 1.03. The van der Waals surface area contributed by atoms with Crippen LogP contribution in [0.5, 0.6) is 11.5 Å². The summed E-state index contributed by atoms with van der Waals surface area (Å²) in [4.78, 5) is 22.9. The zero-order valence-corrected chi connectivity index (χ0v) is 23.8. The third-order valence-electron chi connectivity index (χ3n) is 6.48. The molecule has 0 radical (unpaired) electrons. The van der Waals surface area contributed by atoms with Gasteiger partial charge in [0.05, 0.1) is 36.4 Å². The predicted octanol–water partition coefficient (Wildman–Crippen LogP) is 5.00. The van der Waals surface area contributed by atoms with Crippen molar-refractivity contribution in [3.8, 4) is 11.5 Å². The van der Waals surface area contributed by atoms with E-state index in [9.17, 15) is 9.18 Å². The van der Waals surface area contributed by atoms with Crippen LogP contribution < -0.4 is 14.8 Å². The zero-order chi connectivity index (χ0) is 28.4. The van der Waals surface area contributed by atoms with E-state index in [4.69, 9.17) is 24.5 Å². The van der Waals surface area contributed by atoms with Crippen LogP contribution in [0.2, 0.25) is 0 Å². The number of benzene rings is 2. The molecule has 5 aromatic rings. The van der Waals surface area contributed by atoms with Crippen molar-refractivity contribution in [1.82, 2.24) is 29.4 Å². The Morgan fingerprint density at radius 3 is 2.50 bits per heavy atom. The number of anilines is 1. The highest BCUT2D eigenvalue weighted by molar-refractivity contribution is 8.00. The van der Waals surface area contributed by atoms with Crippen molar-refractivity contribution in [2.24, 2.45) is 0 Å². The molecule has 1 amide bonds. The first kappa shape index (κ1) is 27.4. The lowest BCUT2D eigenvalue weighted by molar-refractivity contribution is -0.115. The number of aromatic nitrogens is 6. The van der Waals surface area contributed by atoms with Crippen molar-refractivity contribution in [2.45, 2.75) is 50.6 Å². The number of fused-ring (bicyclic) bond motifs is 3. The molecule has 0 bridgehead atoms. The molecule has 0 spiro atoms. The van der Waals surface area contributed by atoms with Gasteiger partial charge in [0.1, 0.15) is 5.82 Å². The molecule has 0 fully saturated rings. The molecule has 12 heteroatoms. The van der Waals surface area contributed by atoms with Crippen LogP contribution in [0.1, 0.15) is 30.6 Å². The molecule has 0 unspecified atom stereocenters. The molecule has 1 N–H and O–H groups in total. The minimum Gasteiger partial charge on any atom is -0.493 e. The number of aryl methyl sites for hydroxylation is 4. The van der Waals surface area contributed by atoms with Crippen molar-refractivity contribution in [3.63, 3.8) is 0 Å². The maximum absolute atomic E-state index is 14.2. The van der Waals surface area contributed by atoms with Gasteiger partial charge in [0, 0.05) is 30.1 Å². The lowest BCUT2D eigenvalue weighted by Gasteiger charge is -2.16. The minimum atomic E-state index is -0.560. The number of para-hydroxylation sites is 1. The van der Waals surface area contributed by atoms with Crippen molar-refractivity contribution < 1.29 is 18.7 Å². The number of rotatable bonds is 10. The highest BCUT2D eigenvalue weighted by Crippen LogP contribution is 2.35. The SMILES string of the molecule is CC[C@H](Sc1nc2cc(OC)c(OC)cc2c2nc(CCn3nc(C)cc3C)nn12)C(=O)Nc1ccccc1F. The van der Waals surface area contributed by atoms with E-state index in [1.54, 1.807) is 36.9 Å². The first-order valence-corrected chi connectivity index (χ1v) is 13.7. The van der Waals surface area contributed by atoms with Gasteiger partial charge in [-0.3, -0.25) is 9.48 Å². The van der Waals surface area contributed by atoms with E-state index in [1.165, 1.54) is 23.9 Å². The van der Waals surface area contributed by atoms with E-state index < -0.39 is 11.1 Å². The number of carbonyl (C=O) groups excluding carboxylic acids is 1. The molecule has 3 aromatic heterocycles. The van der Waals surface area contributed by atoms with E-state index in [-0.39, 0.29) is 11.6 Å². The number of nitrogens with one attached hydrogen (secondary N) is 1. The first-order valence-electron chi connectivity index (χ1n) is 12.9. The van der Waals surface area contributed by atoms with Crippen molar-refractivity contribution >= 4 is 39.9 Å². The molecular weight excluding hydrogens is 533 g/mol. The van der Waals surface area contributed by atoms with Crippen LogP contribution in [-0.2, 0) is 17.8 Å². The number of thioether (sulfide) groups is 1. The van der Waals surface area contributed by atoms with Gasteiger partial charge in [-0.25, -0.2) is 14.4 Å². The Balaban J connectivity index is 1.54. The summed E-state index contributed by atoms with van der Waals surface area (Å²) < 4.78 is 28.8. The molecule has 0 aliphatic rings. The Morgan fingerprint density at radius 2 is 1.82 bits per heavy atom. The standard InChI is InChI=1S/C28H30FN7O3S/c1-6-24(27(37)30-20-10-8-7-9-19(20)29)40-28-31-21-15-23(39-5)22(38-4)14-18(21)26-32-25(34-36(26)28)11-12-35-17(3)13-16(2)33-35/h7-10,13-15,24H,6,11-12H2,1-5H3,(H,30,37)/t24-/m0/s1. The average Bonchev–Trinajstić information content (AvgIpc) is 3.52. The number of methoxy groups -OCH3 is 2. The number of carbonyl (C=O) groups is 1. The van der Waals surface area contributed by atoms with Crippen LogP contribution >= 0.6 is 11.8 Å². The maximum Gasteiger partial charge on any atom is 0.238 e. The molecule has 2 aromatic carbocycles. The third-order valence-corrected chi connectivity index (χ3v) is 7.79. The number of hydrogen-bond donors (Lipinski definition) is 1. The molecule has 208 valence electrons. The Morgan fingerprint density at radius 1 is 1.07 bits per heavy atom. The lowest BCUT2D eigenvalue weighted by Crippen LogP contribution is -2.25. The molecule has 0 aliphatic heterocycles. The second kappa shape index (κ2) is 11.5. The summed E-state index contributed by atoms with van der Waals surface area (Å²) in [5, 5.41) is 12.7. The summed E-state index contributed by atoms with van der Waals surface area (Å²) in [5.74, 6) is 0.858. The fourth-order valence-corrected chi connectivity index (χ4v) is 5.43. The molecule has 10 nitrogen and oxygen atoms in total. The number of hydrogen-bond acceptors (Lipinski definition) is 8. The topological polar surface area (TPSA) is 108 Å². The Hall–Kier alpha value is -4.19. The summed E-state index contributed by atoms with van der Waals surface area (Å²) >= 11 is 1.25. The summed E-state index contributed by atoms with van der Waals surface area (Å²) in [5.41, 5.74) is 3.35. The molecule has 5 rings (SSSR count). The molecule has 0 saturated heterocycles. The smallest absolute Gasteiger partial charge is 0.238 e. The van der Waals surface area contributed by atoms with Gasteiger partial charge in [-0.05, 0) is 44.5 Å². The highest BCUT2D eigenvalue weighted by Gasteiger charge is 2.24. The minimum absolute atomic E-state index is 0.132. The number of nitrogens with zero attached hydrogens (tertiary/aromatic N) is 6. The van der Waals surface area contributed by atoms with Gasteiger partial charge in [0.15, 0.2) is 28.1 Å². The van der Waals surface area contributed by atoms with Crippen LogP contribution in [0.4, 0.5) is 10.1 Å². The largest absolute Gasteiger partial charge is 0.493 e. The summed E-state index contributed by atoms with van der Waals surface area (Å²) in [6, 6.07) is 11.7. The van der Waals surface area contributed by atoms with Crippen molar-refractivity contribution in [3.05, 3.63) is 65.5 Å². The number of amides is 1. The first-order chi connectivity index (χ1) is 19.3. The predicted molar refractivity (Wildman–Crippen MR) is 152 cm³/mol. The molecule has 0 saturated carbocycles. The highest BCUT2D eigenvalue weighted by atomic mass is 32.2. The Labute approximate surface area is 234 Å². The van der Waals surface area contributed by atoms with Crippen LogP contribution in [0.15, 0.2) is 47.6 Å². The molecule has 40 heavy (non-hydrogen) atoms. The van der Waals surface area contributed by atoms with Gasteiger partial charge in [0.2, 0.25) is 5.91 Å². The van der Waals surface area contributed by atoms with Crippen LogP contribution in [0, 0.1) is 19.7 Å². The van der Waals surface area contributed by atoms with Gasteiger partial charge in [-0.1, -0.05) is 30.8 Å². The molecule has 1 atom stereocenters. The van der Waals surface area contributed by atoms with Gasteiger partial charge in [0.25, 0.3) is 0 Å². The van der Waals surface area contributed by atoms with E-state index >= 15 is 0 Å². The van der Waals surface area contributed by atoms with E-state index in [0.717, 1.165) is 16.8 Å². The van der Waals surface area contributed by atoms with Crippen molar-refractivity contribution in [1.29, 1.82) is 0 Å². The fourth-order valence-electron chi connectivity index (χ4n) is 4.47. The third kappa shape index (κ3) is 5.44. The van der Waals surface area contributed by atoms with E-state index in [1.807, 2.05) is 37.6 Å². The number of halogens is 1. The van der Waals surface area contributed by atoms with E-state index in [0.29, 0.717) is 53.0 Å². The zero-order valence-electron chi connectivity index (χ0n) is 22.9. The fraction of sp³-hybridized carbons (Fsp3) is 0.321. The lowest BCUT2D eigenvalue weighted by atomic mass is 10.2. The van der Waals surface area contributed by atoms with Crippen LogP contribution in [-0.4, -0.2) is 54.7 Å². The van der Waals surface area contributed by atoms with Crippen molar-refractivity contribution in [2.75, 3.05) is 19.5 Å². The van der Waals surface area contributed by atoms with Gasteiger partial charge >= 0.3 is 0 Å². The van der Waals surface area contributed by atoms with Gasteiger partial charge < -0.3 is 14.8 Å². The maximum atomic E-state index is 14.2. The van der Waals surface area contributed by atoms with Crippen LogP contribution in [0.3, 0.4) is 0 Å².